The zero-order chi connectivity index (χ0) is 23.1. The first-order valence-corrected chi connectivity index (χ1v) is 10.1. The van der Waals surface area contributed by atoms with E-state index in [2.05, 4.69) is 16.3 Å². The van der Waals surface area contributed by atoms with Crippen LogP contribution >= 0.6 is 0 Å². The van der Waals surface area contributed by atoms with Crippen molar-refractivity contribution in [3.8, 4) is 0 Å². The summed E-state index contributed by atoms with van der Waals surface area (Å²) in [7, 11) is 0. The number of carbonyl (C=O) groups excluding carboxylic acids is 1. The van der Waals surface area contributed by atoms with Crippen LogP contribution in [-0.2, 0) is 22.6 Å². The van der Waals surface area contributed by atoms with E-state index in [0.29, 0.717) is 13.2 Å². The van der Waals surface area contributed by atoms with Crippen molar-refractivity contribution in [2.24, 2.45) is 0 Å². The number of nitrogens with zero attached hydrogens (tertiary/aromatic N) is 2. The van der Waals surface area contributed by atoms with Gasteiger partial charge in [-0.25, -0.2) is 9.59 Å². The van der Waals surface area contributed by atoms with E-state index in [9.17, 15) is 18.0 Å². The van der Waals surface area contributed by atoms with Gasteiger partial charge < -0.3 is 20.1 Å². The number of fused-ring (bicyclic) bond motifs is 1. The van der Waals surface area contributed by atoms with Crippen molar-refractivity contribution >= 4 is 23.4 Å². The average Bonchev–Trinajstić information content (AvgIpc) is 3.23. The number of hydrogen-bond acceptors (Lipinski definition) is 5. The molecule has 32 heavy (non-hydrogen) atoms. The summed E-state index contributed by atoms with van der Waals surface area (Å²) in [5, 5.41) is 10.5. The highest BCUT2D eigenvalue weighted by Crippen LogP contribution is 2.36. The third-order valence-corrected chi connectivity index (χ3v) is 5.13. The fraction of sp³-hybridized carbons (Fsp3) is 0.364. The smallest absolute Gasteiger partial charge is 0.475 e. The first-order valence-electron chi connectivity index (χ1n) is 10.1. The molecule has 1 amide bonds. The predicted molar refractivity (Wildman–Crippen MR) is 113 cm³/mol. The SMILES string of the molecule is O=C(O)C(F)(F)F.O=C(OCc1ccccc1)N1CCc2c(N3CCNCC3)cccc21. The summed E-state index contributed by atoms with van der Waals surface area (Å²) in [5.41, 5.74) is 4.53. The molecular weight excluding hydrogens is 427 g/mol. The number of carbonyl (C=O) groups is 2. The van der Waals surface area contributed by atoms with E-state index >= 15 is 0 Å². The second kappa shape index (κ2) is 10.4. The zero-order valence-electron chi connectivity index (χ0n) is 17.3. The van der Waals surface area contributed by atoms with Crippen LogP contribution in [0.25, 0.3) is 0 Å². The number of carboxylic acid groups (broad SMARTS) is 1. The first-order chi connectivity index (χ1) is 15.3. The van der Waals surface area contributed by atoms with Crippen LogP contribution in [0, 0.1) is 0 Å². The number of benzene rings is 2. The average molecular weight is 451 g/mol. The second-order valence-electron chi connectivity index (χ2n) is 7.26. The molecule has 0 aliphatic carbocycles. The van der Waals surface area contributed by atoms with Gasteiger partial charge in [0.15, 0.2) is 0 Å². The molecule has 2 N–H and O–H groups in total. The molecule has 10 heteroatoms. The highest BCUT2D eigenvalue weighted by atomic mass is 19.4. The molecule has 0 bridgehead atoms. The van der Waals surface area contributed by atoms with Crippen molar-refractivity contribution in [3.63, 3.8) is 0 Å². The first kappa shape index (κ1) is 23.4. The van der Waals surface area contributed by atoms with E-state index in [4.69, 9.17) is 14.6 Å². The summed E-state index contributed by atoms with van der Waals surface area (Å²) >= 11 is 0. The van der Waals surface area contributed by atoms with Crippen LogP contribution in [0.2, 0.25) is 0 Å². The van der Waals surface area contributed by atoms with Gasteiger partial charge in [-0.2, -0.15) is 13.2 Å². The Kier molecular flexibility index (Phi) is 7.57. The normalized spacial score (nSPS) is 15.5. The number of aliphatic carboxylic acids is 1. The van der Waals surface area contributed by atoms with Gasteiger partial charge in [-0.15, -0.1) is 0 Å². The molecule has 0 unspecified atom stereocenters. The summed E-state index contributed by atoms with van der Waals surface area (Å²) in [4.78, 5) is 25.6. The summed E-state index contributed by atoms with van der Waals surface area (Å²) in [6, 6.07) is 16.0. The maximum Gasteiger partial charge on any atom is 0.490 e. The lowest BCUT2D eigenvalue weighted by atomic mass is 10.1. The highest BCUT2D eigenvalue weighted by molar-refractivity contribution is 5.92. The number of anilines is 2. The van der Waals surface area contributed by atoms with E-state index in [1.807, 2.05) is 42.5 Å². The molecule has 7 nitrogen and oxygen atoms in total. The van der Waals surface area contributed by atoms with Crippen molar-refractivity contribution < 1.29 is 32.6 Å². The number of halogens is 3. The number of carboxylic acids is 1. The largest absolute Gasteiger partial charge is 0.490 e. The lowest BCUT2D eigenvalue weighted by molar-refractivity contribution is -0.192. The van der Waals surface area contributed by atoms with E-state index in [-0.39, 0.29) is 6.09 Å². The van der Waals surface area contributed by atoms with Gasteiger partial charge in [0.25, 0.3) is 0 Å². The summed E-state index contributed by atoms with van der Waals surface area (Å²) in [6.45, 7) is 5.03. The van der Waals surface area contributed by atoms with Gasteiger partial charge >= 0.3 is 18.2 Å². The predicted octanol–water partition coefficient (Wildman–Crippen LogP) is 3.43. The fourth-order valence-corrected chi connectivity index (χ4v) is 3.60. The molecule has 0 saturated carbocycles. The molecule has 2 heterocycles. The van der Waals surface area contributed by atoms with Crippen LogP contribution in [0.5, 0.6) is 0 Å². The minimum absolute atomic E-state index is 0.264. The van der Waals surface area contributed by atoms with E-state index < -0.39 is 12.1 Å². The van der Waals surface area contributed by atoms with E-state index in [1.165, 1.54) is 11.3 Å². The lowest BCUT2D eigenvalue weighted by Crippen LogP contribution is -2.43. The molecule has 4 rings (SSSR count). The standard InChI is InChI=1S/C20H23N3O2.C2HF3O2/c24-20(25-15-16-5-2-1-3-6-16)23-12-9-17-18(7-4-8-19(17)23)22-13-10-21-11-14-22;3-2(4,5)1(6)7/h1-8,21H,9-15H2;(H,6,7). The third kappa shape index (κ3) is 5.91. The molecule has 172 valence electrons. The molecule has 0 radical (unpaired) electrons. The van der Waals surface area contributed by atoms with Crippen LogP contribution in [0.4, 0.5) is 29.3 Å². The summed E-state index contributed by atoms with van der Waals surface area (Å²) < 4.78 is 37.3. The van der Waals surface area contributed by atoms with Gasteiger partial charge in [-0.05, 0) is 24.1 Å². The molecule has 2 aromatic carbocycles. The molecule has 0 atom stereocenters. The van der Waals surface area contributed by atoms with Crippen LogP contribution < -0.4 is 15.1 Å². The molecule has 2 aliphatic rings. The van der Waals surface area contributed by atoms with E-state index in [1.54, 1.807) is 4.90 Å². The maximum absolute atomic E-state index is 12.5. The number of alkyl halides is 3. The summed E-state index contributed by atoms with van der Waals surface area (Å²) in [5.74, 6) is -2.76. The number of piperazine rings is 1. The molecule has 1 fully saturated rings. The Morgan fingerprint density at radius 2 is 1.59 bits per heavy atom. The molecule has 1 saturated heterocycles. The topological polar surface area (TPSA) is 82.1 Å². The molecule has 2 aliphatic heterocycles. The Morgan fingerprint density at radius 1 is 0.969 bits per heavy atom. The lowest BCUT2D eigenvalue weighted by Gasteiger charge is -2.31. The van der Waals surface area contributed by atoms with Gasteiger partial charge in [0, 0.05) is 44.0 Å². The Bertz CT molecular complexity index is 932. The maximum atomic E-state index is 12.5. The van der Waals surface area contributed by atoms with Gasteiger partial charge in [0.05, 0.1) is 5.69 Å². The second-order valence-corrected chi connectivity index (χ2v) is 7.26. The minimum Gasteiger partial charge on any atom is -0.475 e. The number of amides is 1. The molecule has 2 aromatic rings. The van der Waals surface area contributed by atoms with Gasteiger partial charge in [-0.3, -0.25) is 4.90 Å². The highest BCUT2D eigenvalue weighted by Gasteiger charge is 2.38. The van der Waals surface area contributed by atoms with Crippen LogP contribution in [0.15, 0.2) is 48.5 Å². The molecular formula is C22H24F3N3O4. The van der Waals surface area contributed by atoms with Crippen LogP contribution in [0.3, 0.4) is 0 Å². The quantitative estimate of drug-likeness (QED) is 0.744. The third-order valence-electron chi connectivity index (χ3n) is 5.13. The van der Waals surface area contributed by atoms with Crippen molar-refractivity contribution in [1.82, 2.24) is 5.32 Å². The van der Waals surface area contributed by atoms with Crippen molar-refractivity contribution in [3.05, 3.63) is 59.7 Å². The minimum atomic E-state index is -5.08. The Morgan fingerprint density at radius 3 is 2.22 bits per heavy atom. The monoisotopic (exact) mass is 451 g/mol. The Hall–Kier alpha value is -3.27. The Labute approximate surface area is 183 Å². The van der Waals surface area contributed by atoms with Crippen molar-refractivity contribution in [1.29, 1.82) is 0 Å². The van der Waals surface area contributed by atoms with Crippen LogP contribution in [-0.4, -0.2) is 56.1 Å². The molecule has 0 spiro atoms. The number of hydrogen-bond donors (Lipinski definition) is 2. The Balaban J connectivity index is 0.000000360. The number of nitrogens with one attached hydrogen (secondary N) is 1. The summed E-state index contributed by atoms with van der Waals surface area (Å²) in [6.07, 6.45) is -4.46. The van der Waals surface area contributed by atoms with Crippen molar-refractivity contribution in [2.75, 3.05) is 42.5 Å². The number of rotatable bonds is 3. The molecule has 0 aromatic heterocycles. The van der Waals surface area contributed by atoms with Gasteiger partial charge in [-0.1, -0.05) is 36.4 Å². The zero-order valence-corrected chi connectivity index (χ0v) is 17.3. The van der Waals surface area contributed by atoms with Crippen LogP contribution in [0.1, 0.15) is 11.1 Å². The number of ether oxygens (including phenoxy) is 1. The fourth-order valence-electron chi connectivity index (χ4n) is 3.60. The van der Waals surface area contributed by atoms with E-state index in [0.717, 1.165) is 43.9 Å². The van der Waals surface area contributed by atoms with Crippen molar-refractivity contribution in [2.45, 2.75) is 19.2 Å². The van der Waals surface area contributed by atoms with Gasteiger partial charge in [0.1, 0.15) is 6.61 Å². The van der Waals surface area contributed by atoms with Gasteiger partial charge in [0.2, 0.25) is 0 Å².